The van der Waals surface area contributed by atoms with Gasteiger partial charge in [0.05, 0.1) is 12.0 Å². The second kappa shape index (κ2) is 10.5. The Hall–Kier alpha value is -2.82. The van der Waals surface area contributed by atoms with E-state index in [1.165, 1.54) is 26.1 Å². The van der Waals surface area contributed by atoms with Crippen LogP contribution in [0.4, 0.5) is 13.2 Å². The summed E-state index contributed by atoms with van der Waals surface area (Å²) >= 11 is 0. The highest BCUT2D eigenvalue weighted by Gasteiger charge is 2.36. The second-order valence-corrected chi connectivity index (χ2v) is 8.15. The predicted molar refractivity (Wildman–Crippen MR) is 105 cm³/mol. The highest BCUT2D eigenvalue weighted by molar-refractivity contribution is 5.89. The van der Waals surface area contributed by atoms with Crippen LogP contribution in [-0.4, -0.2) is 54.0 Å². The first-order chi connectivity index (χ1) is 14.2. The van der Waals surface area contributed by atoms with Crippen molar-refractivity contribution in [1.29, 1.82) is 0 Å². The summed E-state index contributed by atoms with van der Waals surface area (Å²) in [6, 6.07) is 3.01. The molecule has 1 aromatic carbocycles. The molecule has 3 atom stereocenters. The van der Waals surface area contributed by atoms with E-state index in [4.69, 9.17) is 0 Å². The Morgan fingerprint density at radius 3 is 2.13 bits per heavy atom. The number of hydrogen-bond donors (Lipinski definition) is 3. The number of nitrogens with one attached hydrogen (secondary N) is 2. The standard InChI is InChI=1S/C20H28F3N3O5/c1-12(26(30)11-27)15(17(28)25-16(18(29)24-5)19(2,3)4)10-13-6-8-14(9-7-13)31-20(21,22)23/h6-9,11-12,15-16,30H,10H2,1-5H3,(H,24,29)(H,25,28). The molecule has 0 heterocycles. The van der Waals surface area contributed by atoms with Gasteiger partial charge in [-0.05, 0) is 36.5 Å². The topological polar surface area (TPSA) is 108 Å². The lowest BCUT2D eigenvalue weighted by Crippen LogP contribution is -2.56. The number of carbonyl (C=O) groups is 3. The van der Waals surface area contributed by atoms with E-state index >= 15 is 0 Å². The van der Waals surface area contributed by atoms with Crippen LogP contribution in [0.1, 0.15) is 33.3 Å². The van der Waals surface area contributed by atoms with Crippen molar-refractivity contribution in [2.75, 3.05) is 7.05 Å². The van der Waals surface area contributed by atoms with Crippen LogP contribution in [0.2, 0.25) is 0 Å². The van der Waals surface area contributed by atoms with E-state index < -0.39 is 47.3 Å². The minimum Gasteiger partial charge on any atom is -0.406 e. The zero-order chi connectivity index (χ0) is 24.0. The first kappa shape index (κ1) is 26.2. The van der Waals surface area contributed by atoms with E-state index in [1.807, 2.05) is 0 Å². The highest BCUT2D eigenvalue weighted by Crippen LogP contribution is 2.25. The van der Waals surface area contributed by atoms with Crippen molar-refractivity contribution in [2.45, 2.75) is 52.6 Å². The summed E-state index contributed by atoms with van der Waals surface area (Å²) in [4.78, 5) is 36.3. The van der Waals surface area contributed by atoms with Gasteiger partial charge in [-0.1, -0.05) is 32.9 Å². The molecule has 0 spiro atoms. The largest absolute Gasteiger partial charge is 0.573 e. The first-order valence-corrected chi connectivity index (χ1v) is 9.48. The predicted octanol–water partition coefficient (Wildman–Crippen LogP) is 2.26. The number of carbonyl (C=O) groups excluding carboxylic acids is 3. The van der Waals surface area contributed by atoms with Crippen LogP contribution >= 0.6 is 0 Å². The molecule has 0 fully saturated rings. The fourth-order valence-electron chi connectivity index (χ4n) is 2.91. The van der Waals surface area contributed by atoms with Gasteiger partial charge in [-0.25, -0.2) is 5.06 Å². The van der Waals surface area contributed by atoms with E-state index in [0.29, 0.717) is 10.6 Å². The number of amides is 3. The average molecular weight is 447 g/mol. The molecule has 0 saturated carbocycles. The SMILES string of the molecule is CNC(=O)C(NC(=O)C(Cc1ccc(OC(F)(F)F)cc1)C(C)N(O)C=O)C(C)(C)C. The summed E-state index contributed by atoms with van der Waals surface area (Å²) in [7, 11) is 1.43. The summed E-state index contributed by atoms with van der Waals surface area (Å²) < 4.78 is 40.8. The summed E-state index contributed by atoms with van der Waals surface area (Å²) in [5.74, 6) is -2.45. The van der Waals surface area contributed by atoms with Gasteiger partial charge >= 0.3 is 6.36 Å². The molecular weight excluding hydrogens is 419 g/mol. The van der Waals surface area contributed by atoms with Crippen molar-refractivity contribution in [3.05, 3.63) is 29.8 Å². The summed E-state index contributed by atoms with van der Waals surface area (Å²) in [5.41, 5.74) is -0.169. The van der Waals surface area contributed by atoms with Crippen molar-refractivity contribution in [2.24, 2.45) is 11.3 Å². The summed E-state index contributed by atoms with van der Waals surface area (Å²) in [5, 5.41) is 15.3. The molecule has 1 aromatic rings. The summed E-state index contributed by atoms with van der Waals surface area (Å²) in [6.45, 7) is 6.71. The first-order valence-electron chi connectivity index (χ1n) is 9.48. The van der Waals surface area contributed by atoms with Crippen LogP contribution in [0.5, 0.6) is 5.75 Å². The maximum Gasteiger partial charge on any atom is 0.573 e. The molecule has 11 heteroatoms. The summed E-state index contributed by atoms with van der Waals surface area (Å²) in [6.07, 6.45) is -4.71. The van der Waals surface area contributed by atoms with Crippen LogP contribution in [0.25, 0.3) is 0 Å². The normalized spacial score (nSPS) is 14.7. The third-order valence-corrected chi connectivity index (χ3v) is 4.72. The van der Waals surface area contributed by atoms with Crippen molar-refractivity contribution in [1.82, 2.24) is 15.7 Å². The molecule has 0 bridgehead atoms. The maximum atomic E-state index is 13.0. The third kappa shape index (κ3) is 8.08. The van der Waals surface area contributed by atoms with Crippen LogP contribution in [0.15, 0.2) is 24.3 Å². The number of halogens is 3. The van der Waals surface area contributed by atoms with Crippen LogP contribution in [0.3, 0.4) is 0 Å². The number of nitrogens with zero attached hydrogens (tertiary/aromatic N) is 1. The third-order valence-electron chi connectivity index (χ3n) is 4.72. The van der Waals surface area contributed by atoms with Gasteiger partial charge in [0.2, 0.25) is 18.2 Å². The molecule has 3 N–H and O–H groups in total. The van der Waals surface area contributed by atoms with Gasteiger partial charge in [0.1, 0.15) is 11.8 Å². The maximum absolute atomic E-state index is 13.0. The molecule has 0 aliphatic rings. The zero-order valence-electron chi connectivity index (χ0n) is 18.0. The fraction of sp³-hybridized carbons (Fsp3) is 0.550. The van der Waals surface area contributed by atoms with Crippen molar-refractivity contribution in [3.8, 4) is 5.75 Å². The van der Waals surface area contributed by atoms with E-state index in [0.717, 1.165) is 12.1 Å². The van der Waals surface area contributed by atoms with E-state index in [9.17, 15) is 32.8 Å². The Balaban J connectivity index is 3.13. The average Bonchev–Trinajstić information content (AvgIpc) is 2.67. The molecule has 0 aliphatic carbocycles. The van der Waals surface area contributed by atoms with E-state index in [1.54, 1.807) is 20.8 Å². The molecule has 0 saturated heterocycles. The van der Waals surface area contributed by atoms with Crippen molar-refractivity contribution >= 4 is 18.2 Å². The van der Waals surface area contributed by atoms with Crippen molar-refractivity contribution in [3.63, 3.8) is 0 Å². The van der Waals surface area contributed by atoms with Gasteiger partial charge in [0.25, 0.3) is 0 Å². The van der Waals surface area contributed by atoms with Gasteiger partial charge in [0, 0.05) is 7.05 Å². The Morgan fingerprint density at radius 1 is 1.16 bits per heavy atom. The number of benzene rings is 1. The lowest BCUT2D eigenvalue weighted by atomic mass is 9.84. The number of likely N-dealkylation sites (N-methyl/N-ethyl adjacent to an activating group) is 1. The molecule has 0 radical (unpaired) electrons. The quantitative estimate of drug-likeness (QED) is 0.306. The minimum atomic E-state index is -4.83. The lowest BCUT2D eigenvalue weighted by Gasteiger charge is -2.33. The van der Waals surface area contributed by atoms with Gasteiger partial charge in [-0.2, -0.15) is 0 Å². The van der Waals surface area contributed by atoms with Gasteiger partial charge in [-0.3, -0.25) is 19.6 Å². The number of ether oxygens (including phenoxy) is 1. The highest BCUT2D eigenvalue weighted by atomic mass is 19.4. The molecule has 31 heavy (non-hydrogen) atoms. The van der Waals surface area contributed by atoms with Gasteiger partial charge in [-0.15, -0.1) is 13.2 Å². The second-order valence-electron chi connectivity index (χ2n) is 8.15. The Morgan fingerprint density at radius 2 is 1.71 bits per heavy atom. The molecule has 1 rings (SSSR count). The number of alkyl halides is 3. The van der Waals surface area contributed by atoms with Crippen LogP contribution in [0, 0.1) is 11.3 Å². The molecular formula is C20H28F3N3O5. The lowest BCUT2D eigenvalue weighted by molar-refractivity contribution is -0.274. The minimum absolute atomic E-state index is 0.0190. The fourth-order valence-corrected chi connectivity index (χ4v) is 2.91. The monoisotopic (exact) mass is 447 g/mol. The molecule has 0 aromatic heterocycles. The van der Waals surface area contributed by atoms with E-state index in [2.05, 4.69) is 15.4 Å². The Bertz CT molecular complexity index is 763. The zero-order valence-corrected chi connectivity index (χ0v) is 18.0. The van der Waals surface area contributed by atoms with Gasteiger partial charge < -0.3 is 15.4 Å². The molecule has 3 unspecified atom stereocenters. The molecule has 3 amide bonds. The number of hydrogen-bond acceptors (Lipinski definition) is 5. The molecule has 8 nitrogen and oxygen atoms in total. The van der Waals surface area contributed by atoms with Crippen LogP contribution in [-0.2, 0) is 20.8 Å². The Labute approximate surface area is 178 Å². The van der Waals surface area contributed by atoms with Gasteiger partial charge in [0.15, 0.2) is 0 Å². The molecule has 174 valence electrons. The van der Waals surface area contributed by atoms with Crippen LogP contribution < -0.4 is 15.4 Å². The Kier molecular flexibility index (Phi) is 8.85. The van der Waals surface area contributed by atoms with E-state index in [-0.39, 0.29) is 12.8 Å². The number of rotatable bonds is 9. The smallest absolute Gasteiger partial charge is 0.406 e. The molecule has 0 aliphatic heterocycles. The van der Waals surface area contributed by atoms with Crippen molar-refractivity contribution < 1.29 is 37.5 Å². The number of hydroxylamine groups is 2.